The van der Waals surface area contributed by atoms with Gasteiger partial charge in [0, 0.05) is 26.2 Å². The van der Waals surface area contributed by atoms with Gasteiger partial charge in [0.1, 0.15) is 5.75 Å². The van der Waals surface area contributed by atoms with Crippen LogP contribution in [-0.2, 0) is 11.2 Å². The fourth-order valence-corrected chi connectivity index (χ4v) is 2.71. The fourth-order valence-electron chi connectivity index (χ4n) is 2.71. The zero-order chi connectivity index (χ0) is 19.3. The summed E-state index contributed by atoms with van der Waals surface area (Å²) in [6.07, 6.45) is 1.81. The van der Waals surface area contributed by atoms with Crippen molar-refractivity contribution in [3.05, 3.63) is 65.7 Å². The molecule has 27 heavy (non-hydrogen) atoms. The van der Waals surface area contributed by atoms with Crippen molar-refractivity contribution in [3.63, 3.8) is 0 Å². The summed E-state index contributed by atoms with van der Waals surface area (Å²) in [4.78, 5) is 4.60. The lowest BCUT2D eigenvalue weighted by Crippen LogP contribution is -2.38. The Bertz CT molecular complexity index is 689. The van der Waals surface area contributed by atoms with E-state index in [0.29, 0.717) is 18.9 Å². The smallest absolute Gasteiger partial charge is 0.191 e. The number of hydrogen-bond acceptors (Lipinski definition) is 3. The number of hydrogen-bond donors (Lipinski definition) is 3. The molecule has 0 radical (unpaired) electrons. The first kappa shape index (κ1) is 20.8. The van der Waals surface area contributed by atoms with E-state index in [-0.39, 0.29) is 6.10 Å². The van der Waals surface area contributed by atoms with Crippen LogP contribution in [0.5, 0.6) is 5.75 Å². The first-order valence-electron chi connectivity index (χ1n) is 9.65. The molecule has 2 aromatic carbocycles. The topological polar surface area (TPSA) is 65.9 Å². The van der Waals surface area contributed by atoms with Gasteiger partial charge in [0.25, 0.3) is 0 Å². The van der Waals surface area contributed by atoms with E-state index in [2.05, 4.69) is 41.6 Å². The summed E-state index contributed by atoms with van der Waals surface area (Å²) >= 11 is 0. The van der Waals surface area contributed by atoms with Crippen LogP contribution in [-0.4, -0.2) is 37.3 Å². The third-order valence-electron chi connectivity index (χ3n) is 4.17. The molecule has 1 atom stereocenters. The number of nitrogens with one attached hydrogen (secondary N) is 2. The molecule has 0 fully saturated rings. The van der Waals surface area contributed by atoms with E-state index in [1.165, 1.54) is 5.56 Å². The molecule has 0 heterocycles. The van der Waals surface area contributed by atoms with E-state index in [4.69, 9.17) is 4.74 Å². The van der Waals surface area contributed by atoms with Gasteiger partial charge in [-0.15, -0.1) is 0 Å². The Hall–Kier alpha value is -2.53. The van der Waals surface area contributed by atoms with Crippen LogP contribution in [0, 0.1) is 0 Å². The minimum absolute atomic E-state index is 0.101. The monoisotopic (exact) mass is 369 g/mol. The van der Waals surface area contributed by atoms with Crippen LogP contribution in [0.25, 0.3) is 0 Å². The zero-order valence-electron chi connectivity index (χ0n) is 16.3. The Morgan fingerprint density at radius 2 is 1.93 bits per heavy atom. The van der Waals surface area contributed by atoms with Crippen molar-refractivity contribution in [2.75, 3.05) is 26.2 Å². The molecule has 0 aliphatic rings. The second kappa shape index (κ2) is 12.0. The first-order chi connectivity index (χ1) is 13.2. The molecule has 146 valence electrons. The second-order valence-electron chi connectivity index (χ2n) is 6.38. The quantitative estimate of drug-likeness (QED) is 0.340. The van der Waals surface area contributed by atoms with Gasteiger partial charge in [0.15, 0.2) is 5.96 Å². The van der Waals surface area contributed by atoms with Gasteiger partial charge in [0.2, 0.25) is 0 Å². The highest BCUT2D eigenvalue weighted by Crippen LogP contribution is 2.15. The molecule has 0 aliphatic carbocycles. The van der Waals surface area contributed by atoms with Crippen LogP contribution in [0.2, 0.25) is 0 Å². The summed E-state index contributed by atoms with van der Waals surface area (Å²) in [5.41, 5.74) is 2.30. The lowest BCUT2D eigenvalue weighted by molar-refractivity contribution is 0.0652. The second-order valence-corrected chi connectivity index (χ2v) is 6.38. The van der Waals surface area contributed by atoms with Gasteiger partial charge in [-0.1, -0.05) is 42.5 Å². The Kier molecular flexibility index (Phi) is 9.21. The molecule has 2 aromatic rings. The maximum atomic E-state index is 9.52. The van der Waals surface area contributed by atoms with Crippen molar-refractivity contribution in [1.82, 2.24) is 10.6 Å². The molecule has 5 heteroatoms. The van der Waals surface area contributed by atoms with Gasteiger partial charge < -0.3 is 20.5 Å². The summed E-state index contributed by atoms with van der Waals surface area (Å²) in [7, 11) is 0. The number of nitrogens with zero attached hydrogens (tertiary/aromatic N) is 1. The molecule has 0 aliphatic heterocycles. The van der Waals surface area contributed by atoms with E-state index >= 15 is 0 Å². The molecule has 0 bridgehead atoms. The number of aliphatic imine (C=N–C) groups is 1. The fraction of sp³-hybridized carbons (Fsp3) is 0.409. The number of benzene rings is 2. The number of rotatable bonds is 10. The van der Waals surface area contributed by atoms with E-state index in [1.807, 2.05) is 30.3 Å². The predicted molar refractivity (Wildman–Crippen MR) is 111 cm³/mol. The van der Waals surface area contributed by atoms with E-state index in [0.717, 1.165) is 37.5 Å². The summed E-state index contributed by atoms with van der Waals surface area (Å²) in [5.74, 6) is 1.12. The van der Waals surface area contributed by atoms with E-state index in [1.54, 1.807) is 12.1 Å². The number of ether oxygens (including phenoxy) is 1. The van der Waals surface area contributed by atoms with Gasteiger partial charge in [-0.2, -0.15) is 0 Å². The molecule has 5 nitrogen and oxygen atoms in total. The normalized spacial score (nSPS) is 12.6. The summed E-state index contributed by atoms with van der Waals surface area (Å²) < 4.78 is 5.89. The Morgan fingerprint density at radius 1 is 1.11 bits per heavy atom. The maximum Gasteiger partial charge on any atom is 0.191 e. The molecule has 1 unspecified atom stereocenters. The highest BCUT2D eigenvalue weighted by molar-refractivity contribution is 5.79. The van der Waals surface area contributed by atoms with Crippen molar-refractivity contribution < 1.29 is 9.84 Å². The highest BCUT2D eigenvalue weighted by atomic mass is 16.5. The molecular formula is C22H31N3O2. The average Bonchev–Trinajstić information content (AvgIpc) is 2.68. The van der Waals surface area contributed by atoms with Crippen LogP contribution >= 0.6 is 0 Å². The number of phenols is 1. The lowest BCUT2D eigenvalue weighted by atomic mass is 10.1. The van der Waals surface area contributed by atoms with Crippen LogP contribution < -0.4 is 10.6 Å². The highest BCUT2D eigenvalue weighted by Gasteiger charge is 2.04. The third kappa shape index (κ3) is 8.13. The Balaban J connectivity index is 1.68. The zero-order valence-corrected chi connectivity index (χ0v) is 16.3. The van der Waals surface area contributed by atoms with Crippen LogP contribution in [0.15, 0.2) is 59.6 Å². The molecule has 0 saturated heterocycles. The van der Waals surface area contributed by atoms with Crippen molar-refractivity contribution in [2.45, 2.75) is 32.8 Å². The molecule has 0 amide bonds. The summed E-state index contributed by atoms with van der Waals surface area (Å²) in [6.45, 7) is 7.10. The van der Waals surface area contributed by atoms with Gasteiger partial charge in [-0.3, -0.25) is 4.99 Å². The van der Waals surface area contributed by atoms with E-state index in [9.17, 15) is 5.11 Å². The average molecular weight is 370 g/mol. The SMILES string of the molecule is CCNC(=NCCCOC(C)c1ccccc1)NCCc1cccc(O)c1. The first-order valence-corrected chi connectivity index (χ1v) is 9.65. The van der Waals surface area contributed by atoms with Crippen molar-refractivity contribution in [2.24, 2.45) is 4.99 Å². The van der Waals surface area contributed by atoms with Crippen molar-refractivity contribution in [3.8, 4) is 5.75 Å². The number of aromatic hydroxyl groups is 1. The minimum atomic E-state index is 0.101. The summed E-state index contributed by atoms with van der Waals surface area (Å²) in [6, 6.07) is 17.6. The van der Waals surface area contributed by atoms with E-state index < -0.39 is 0 Å². The molecular weight excluding hydrogens is 338 g/mol. The third-order valence-corrected chi connectivity index (χ3v) is 4.17. The number of guanidine groups is 1. The molecule has 3 N–H and O–H groups in total. The molecule has 0 aromatic heterocycles. The van der Waals surface area contributed by atoms with Crippen molar-refractivity contribution >= 4 is 5.96 Å². The standard InChI is InChI=1S/C22H31N3O2/c1-3-23-22(25-15-13-19-9-7-12-21(26)17-19)24-14-8-16-27-18(2)20-10-5-4-6-11-20/h4-7,9-12,17-18,26H,3,8,13-16H2,1-2H3,(H2,23,24,25). The molecule has 0 saturated carbocycles. The summed E-state index contributed by atoms with van der Waals surface area (Å²) in [5, 5.41) is 16.1. The van der Waals surface area contributed by atoms with Crippen LogP contribution in [0.3, 0.4) is 0 Å². The Labute approximate surface area is 162 Å². The van der Waals surface area contributed by atoms with Gasteiger partial charge in [-0.25, -0.2) is 0 Å². The minimum Gasteiger partial charge on any atom is -0.508 e. The maximum absolute atomic E-state index is 9.52. The van der Waals surface area contributed by atoms with Gasteiger partial charge in [-0.05, 0) is 49.9 Å². The lowest BCUT2D eigenvalue weighted by Gasteiger charge is -2.13. The van der Waals surface area contributed by atoms with Gasteiger partial charge in [0.05, 0.1) is 6.10 Å². The predicted octanol–water partition coefficient (Wildman–Crippen LogP) is 3.66. The Morgan fingerprint density at radius 3 is 2.67 bits per heavy atom. The van der Waals surface area contributed by atoms with Crippen LogP contribution in [0.1, 0.15) is 37.5 Å². The van der Waals surface area contributed by atoms with Gasteiger partial charge >= 0.3 is 0 Å². The number of phenolic OH excluding ortho intramolecular Hbond substituents is 1. The molecule has 2 rings (SSSR count). The largest absolute Gasteiger partial charge is 0.508 e. The molecule has 0 spiro atoms. The van der Waals surface area contributed by atoms with Crippen LogP contribution in [0.4, 0.5) is 0 Å². The van der Waals surface area contributed by atoms with Crippen molar-refractivity contribution in [1.29, 1.82) is 0 Å².